The molecule has 2 aromatic rings. The molecule has 2 aromatic carbocycles. The van der Waals surface area contributed by atoms with Gasteiger partial charge in [-0.25, -0.2) is 0 Å². The number of benzene rings is 2. The van der Waals surface area contributed by atoms with E-state index < -0.39 is 0 Å². The summed E-state index contributed by atoms with van der Waals surface area (Å²) in [5, 5.41) is 23.0. The summed E-state index contributed by atoms with van der Waals surface area (Å²) in [4.78, 5) is 10.3. The zero-order chi connectivity index (χ0) is 35.9. The summed E-state index contributed by atoms with van der Waals surface area (Å²) in [5.41, 5.74) is 5.69. The van der Waals surface area contributed by atoms with Gasteiger partial charge in [0.15, 0.2) is 0 Å². The first-order chi connectivity index (χ1) is 22.5. The van der Waals surface area contributed by atoms with Crippen LogP contribution < -0.4 is 0 Å². The largest absolute Gasteiger partial charge is 0.507 e. The number of phenols is 2. The van der Waals surface area contributed by atoms with E-state index in [1.54, 1.807) is 0 Å². The van der Waals surface area contributed by atoms with Gasteiger partial charge in [0, 0.05) is 45.8 Å². The van der Waals surface area contributed by atoms with E-state index >= 15 is 0 Å². The molecule has 0 radical (unpaired) electrons. The molecule has 0 amide bonds. The molecule has 0 bridgehead atoms. The molecule has 2 N–H and O–H groups in total. The van der Waals surface area contributed by atoms with E-state index in [0.29, 0.717) is 11.5 Å². The van der Waals surface area contributed by atoms with Gasteiger partial charge in [0.05, 0.1) is 51.4 Å². The second kappa shape index (κ2) is 16.3. The molecule has 0 aromatic heterocycles. The van der Waals surface area contributed by atoms with Gasteiger partial charge < -0.3 is 19.2 Å². The van der Waals surface area contributed by atoms with Gasteiger partial charge in [-0.05, 0) is 89.5 Å². The fraction of sp³-hybridized carbons (Fsp3) is 0.667. The van der Waals surface area contributed by atoms with Gasteiger partial charge in [-0.1, -0.05) is 54.4 Å². The third kappa shape index (κ3) is 9.50. The topological polar surface area (TPSA) is 65.2 Å². The predicted molar refractivity (Wildman–Crippen MR) is 206 cm³/mol. The minimum Gasteiger partial charge on any atom is -0.507 e. The van der Waals surface area contributed by atoms with Gasteiger partial charge in [0.25, 0.3) is 0 Å². The number of aromatic hydroxyl groups is 2. The van der Waals surface area contributed by atoms with Gasteiger partial charge >= 0.3 is 0 Å². The molecule has 0 aliphatic heterocycles. The zero-order valence-corrected chi connectivity index (χ0v) is 32.8. The Labute approximate surface area is 294 Å². The van der Waals surface area contributed by atoms with Gasteiger partial charge in [-0.2, -0.15) is 0 Å². The van der Waals surface area contributed by atoms with Crippen molar-refractivity contribution in [3.63, 3.8) is 0 Å². The second-order valence-electron chi connectivity index (χ2n) is 16.5. The Morgan fingerprint density at radius 3 is 1.17 bits per heavy atom. The number of hydrogen-bond acceptors (Lipinski definition) is 4. The quantitative estimate of drug-likeness (QED) is 0.156. The van der Waals surface area contributed by atoms with Crippen molar-refractivity contribution in [2.75, 3.05) is 39.3 Å². The Bertz CT molecular complexity index is 1280. The van der Waals surface area contributed by atoms with Crippen LogP contribution in [0.1, 0.15) is 142 Å². The van der Waals surface area contributed by atoms with Crippen LogP contribution in [0.5, 0.6) is 11.5 Å². The molecule has 0 unspecified atom stereocenters. The summed E-state index contributed by atoms with van der Waals surface area (Å²) in [6.07, 6.45) is 8.01. The summed E-state index contributed by atoms with van der Waals surface area (Å²) in [7, 11) is 0. The Hall–Kier alpha value is -2.70. The number of phenolic OH excluding ortho intramolecular Hbond substituents is 2. The molecule has 1 saturated carbocycles. The predicted octanol–water partition coefficient (Wildman–Crippen LogP) is 9.30. The van der Waals surface area contributed by atoms with Crippen LogP contribution >= 0.6 is 0 Å². The van der Waals surface area contributed by atoms with Crippen molar-refractivity contribution in [3.8, 4) is 11.5 Å². The lowest BCUT2D eigenvalue weighted by Gasteiger charge is -2.36. The highest BCUT2D eigenvalue weighted by atomic mass is 16.3. The smallest absolute Gasteiger partial charge is 0.128 e. The van der Waals surface area contributed by atoms with Crippen LogP contribution in [0.3, 0.4) is 0 Å². The number of nitrogens with zero attached hydrogens (tertiary/aromatic N) is 4. The first-order valence-electron chi connectivity index (χ1n) is 19.0. The summed E-state index contributed by atoms with van der Waals surface area (Å²) in [6, 6.07) is 8.80. The monoisotopic (exact) mass is 663 g/mol. The van der Waals surface area contributed by atoms with E-state index in [-0.39, 0.29) is 22.9 Å². The van der Waals surface area contributed by atoms with Crippen LogP contribution in [0.2, 0.25) is 0 Å². The van der Waals surface area contributed by atoms with Crippen LogP contribution in [0, 0.1) is 0 Å². The Kier molecular flexibility index (Phi) is 13.5. The SMILES string of the molecule is CC[N+](CC)(CC)Cc1cc(C=N[C@H]2CCCC[C@@H]2N=Cc2cc(C[N+](CC)(CC)CC)cc(C(C)(C)C)c2O)c(O)c(C(C)(C)C)c1. The van der Waals surface area contributed by atoms with Crippen molar-refractivity contribution in [2.24, 2.45) is 9.98 Å². The zero-order valence-electron chi connectivity index (χ0n) is 32.8. The van der Waals surface area contributed by atoms with E-state index in [9.17, 15) is 10.2 Å². The molecular formula is C42H70N4O2+2. The molecule has 268 valence electrons. The summed E-state index contributed by atoms with van der Waals surface area (Å²) in [5.74, 6) is 0.677. The van der Waals surface area contributed by atoms with Crippen molar-refractivity contribution in [1.29, 1.82) is 0 Å². The normalized spacial score (nSPS) is 18.3. The number of aliphatic imine (C=N–C) groups is 2. The second-order valence-corrected chi connectivity index (χ2v) is 16.5. The molecule has 2 atom stereocenters. The third-order valence-corrected chi connectivity index (χ3v) is 11.6. The van der Waals surface area contributed by atoms with Crippen molar-refractivity contribution in [2.45, 2.75) is 145 Å². The highest BCUT2D eigenvalue weighted by Crippen LogP contribution is 2.37. The maximum Gasteiger partial charge on any atom is 0.128 e. The maximum absolute atomic E-state index is 11.5. The lowest BCUT2D eigenvalue weighted by atomic mass is 9.83. The van der Waals surface area contributed by atoms with Gasteiger partial charge in [0.2, 0.25) is 0 Å². The van der Waals surface area contributed by atoms with Gasteiger partial charge in [-0.3, -0.25) is 9.98 Å². The molecule has 3 rings (SSSR count). The maximum atomic E-state index is 11.5. The van der Waals surface area contributed by atoms with E-state index in [0.717, 1.165) is 109 Å². The van der Waals surface area contributed by atoms with Gasteiger partial charge in [0.1, 0.15) is 24.6 Å². The lowest BCUT2D eigenvalue weighted by molar-refractivity contribution is -0.936. The molecule has 0 saturated heterocycles. The van der Waals surface area contributed by atoms with Crippen LogP contribution in [0.15, 0.2) is 34.3 Å². The Morgan fingerprint density at radius 1 is 0.583 bits per heavy atom. The molecule has 0 spiro atoms. The van der Waals surface area contributed by atoms with Crippen molar-refractivity contribution in [1.82, 2.24) is 0 Å². The molecule has 6 heteroatoms. The molecule has 1 aliphatic carbocycles. The van der Waals surface area contributed by atoms with Crippen molar-refractivity contribution >= 4 is 12.4 Å². The minimum atomic E-state index is -0.187. The summed E-state index contributed by atoms with van der Waals surface area (Å²) in [6.45, 7) is 35.0. The van der Waals surface area contributed by atoms with Crippen molar-refractivity contribution < 1.29 is 19.2 Å². The van der Waals surface area contributed by atoms with E-state index in [1.807, 2.05) is 12.4 Å². The Morgan fingerprint density at radius 2 is 0.896 bits per heavy atom. The van der Waals surface area contributed by atoms with Crippen LogP contribution in [0.4, 0.5) is 0 Å². The standard InChI is InChI=1S/C42H68N4O2/c1-13-45(14-2,15-3)29-31-23-33(39(47)35(25-31)41(7,8)9)27-43-37-21-19-20-22-38(37)44-28-34-24-32(30-46(16-4,17-5)18-6)26-36(40(34)48)42(10,11)12/h23-28,37-38H,13-22,29-30H2,1-12H3/p+2/t37-,38-/m0/s1. The Balaban J connectivity index is 2.01. The molecule has 1 aliphatic rings. The highest BCUT2D eigenvalue weighted by molar-refractivity contribution is 5.86. The molecule has 1 fully saturated rings. The van der Waals surface area contributed by atoms with E-state index in [4.69, 9.17) is 9.98 Å². The van der Waals surface area contributed by atoms with Crippen LogP contribution in [0.25, 0.3) is 0 Å². The summed E-state index contributed by atoms with van der Waals surface area (Å²) < 4.78 is 2.04. The van der Waals surface area contributed by atoms with E-state index in [2.05, 4.69) is 107 Å². The average molecular weight is 663 g/mol. The van der Waals surface area contributed by atoms with E-state index in [1.165, 1.54) is 11.1 Å². The molecule has 48 heavy (non-hydrogen) atoms. The fourth-order valence-electron chi connectivity index (χ4n) is 7.54. The first kappa shape index (κ1) is 39.7. The average Bonchev–Trinajstić information content (AvgIpc) is 3.05. The number of hydrogen-bond donors (Lipinski definition) is 2. The number of quaternary nitrogens is 2. The van der Waals surface area contributed by atoms with Gasteiger partial charge in [-0.15, -0.1) is 0 Å². The molecule has 0 heterocycles. The van der Waals surface area contributed by atoms with Crippen molar-refractivity contribution in [3.05, 3.63) is 57.6 Å². The van der Waals surface area contributed by atoms with Crippen LogP contribution in [-0.2, 0) is 23.9 Å². The number of rotatable bonds is 14. The summed E-state index contributed by atoms with van der Waals surface area (Å²) >= 11 is 0. The first-order valence-corrected chi connectivity index (χ1v) is 19.0. The third-order valence-electron chi connectivity index (χ3n) is 11.6. The van der Waals surface area contributed by atoms with Crippen LogP contribution in [-0.4, -0.2) is 83.0 Å². The highest BCUT2D eigenvalue weighted by Gasteiger charge is 2.29. The lowest BCUT2D eigenvalue weighted by Crippen LogP contribution is -2.46. The molecular weight excluding hydrogens is 592 g/mol. The fourth-order valence-corrected chi connectivity index (χ4v) is 7.54. The molecule has 6 nitrogen and oxygen atoms in total. The minimum absolute atomic E-state index is 0.0324.